The predicted molar refractivity (Wildman–Crippen MR) is 122 cm³/mol. The lowest BCUT2D eigenvalue weighted by atomic mass is 10.1. The van der Waals surface area contributed by atoms with Crippen LogP contribution in [-0.2, 0) is 6.61 Å². The maximum absolute atomic E-state index is 12.8. The Hall–Kier alpha value is -4.31. The van der Waals surface area contributed by atoms with E-state index in [4.69, 9.17) is 9.15 Å². The number of furan rings is 1. The van der Waals surface area contributed by atoms with E-state index in [1.807, 2.05) is 31.2 Å². The van der Waals surface area contributed by atoms with Gasteiger partial charge in [-0.25, -0.2) is 0 Å². The molecule has 3 aromatic heterocycles. The molecule has 0 aliphatic heterocycles. The molecular weight excluding hydrogens is 444 g/mol. The molecule has 0 saturated carbocycles. The number of thiazole rings is 1. The molecule has 33 heavy (non-hydrogen) atoms. The first-order valence-corrected chi connectivity index (χ1v) is 10.7. The number of hydrogen-bond donors (Lipinski definition) is 0. The Morgan fingerprint density at radius 1 is 1.15 bits per heavy atom. The molecule has 0 amide bonds. The molecule has 9 nitrogen and oxygen atoms in total. The number of nitrogens with zero attached hydrogens (tertiary/aromatic N) is 4. The standard InChI is InChI=1S/C23H16N4O5S/c1-14-6-2-5-9-18(14)31-13-21-24-23-26(25-21)22(28)20(33-23)12-15-10-11-19(32-15)16-7-3-4-8-17(16)27(29)30/h2-12H,13H2,1H3. The Morgan fingerprint density at radius 2 is 1.94 bits per heavy atom. The van der Waals surface area contributed by atoms with Gasteiger partial charge in [0, 0.05) is 12.1 Å². The quantitative estimate of drug-likeness (QED) is 0.280. The molecule has 0 unspecified atom stereocenters. The van der Waals surface area contributed by atoms with Gasteiger partial charge in [0.15, 0.2) is 5.82 Å². The number of para-hydroxylation sites is 2. The lowest BCUT2D eigenvalue weighted by Crippen LogP contribution is -2.23. The maximum Gasteiger partial charge on any atom is 0.291 e. The van der Waals surface area contributed by atoms with Crippen molar-refractivity contribution >= 4 is 28.1 Å². The molecule has 164 valence electrons. The topological polar surface area (TPSA) is 113 Å². The van der Waals surface area contributed by atoms with Crippen molar-refractivity contribution in [1.29, 1.82) is 0 Å². The first kappa shape index (κ1) is 20.6. The SMILES string of the molecule is Cc1ccccc1OCc1nc2sc(=Cc3ccc(-c4ccccc4[N+](=O)[O-])o3)c(=O)n2n1. The van der Waals surface area contributed by atoms with E-state index in [2.05, 4.69) is 10.1 Å². The van der Waals surface area contributed by atoms with E-state index in [0.717, 1.165) is 11.3 Å². The van der Waals surface area contributed by atoms with Crippen molar-refractivity contribution in [2.75, 3.05) is 0 Å². The second-order valence-corrected chi connectivity index (χ2v) is 8.18. The van der Waals surface area contributed by atoms with E-state index in [-0.39, 0.29) is 17.9 Å². The molecule has 0 spiro atoms. The minimum atomic E-state index is -0.461. The zero-order valence-corrected chi connectivity index (χ0v) is 18.1. The Labute approximate surface area is 190 Å². The molecule has 2 aromatic carbocycles. The molecule has 0 saturated heterocycles. The summed E-state index contributed by atoms with van der Waals surface area (Å²) in [6.07, 6.45) is 1.57. The Kier molecular flexibility index (Phi) is 5.19. The largest absolute Gasteiger partial charge is 0.485 e. The van der Waals surface area contributed by atoms with Crippen molar-refractivity contribution in [1.82, 2.24) is 14.6 Å². The van der Waals surface area contributed by atoms with Crippen molar-refractivity contribution in [3.05, 3.63) is 103 Å². The van der Waals surface area contributed by atoms with Crippen LogP contribution in [0.3, 0.4) is 0 Å². The van der Waals surface area contributed by atoms with Crippen LogP contribution in [0.2, 0.25) is 0 Å². The average Bonchev–Trinajstić information content (AvgIpc) is 3.51. The smallest absolute Gasteiger partial charge is 0.291 e. The number of aryl methyl sites for hydroxylation is 1. The number of hydrogen-bond acceptors (Lipinski definition) is 8. The summed E-state index contributed by atoms with van der Waals surface area (Å²) < 4.78 is 13.1. The van der Waals surface area contributed by atoms with Gasteiger partial charge in [0.1, 0.15) is 28.4 Å². The van der Waals surface area contributed by atoms with Crippen LogP contribution >= 0.6 is 11.3 Å². The summed E-state index contributed by atoms with van der Waals surface area (Å²) in [6, 6.07) is 17.2. The highest BCUT2D eigenvalue weighted by Gasteiger charge is 2.17. The second-order valence-electron chi connectivity index (χ2n) is 7.17. The highest BCUT2D eigenvalue weighted by Crippen LogP contribution is 2.31. The van der Waals surface area contributed by atoms with Crippen LogP contribution in [0.1, 0.15) is 17.1 Å². The Bertz CT molecular complexity index is 1600. The number of aromatic nitrogens is 3. The van der Waals surface area contributed by atoms with E-state index in [1.165, 1.54) is 21.9 Å². The number of nitro benzene ring substituents is 1. The highest BCUT2D eigenvalue weighted by molar-refractivity contribution is 7.15. The Morgan fingerprint density at radius 3 is 2.73 bits per heavy atom. The summed E-state index contributed by atoms with van der Waals surface area (Å²) in [5.74, 6) is 1.88. The molecule has 3 heterocycles. The number of ether oxygens (including phenoxy) is 1. The van der Waals surface area contributed by atoms with Gasteiger partial charge in [-0.05, 0) is 36.8 Å². The first-order valence-electron chi connectivity index (χ1n) is 9.92. The monoisotopic (exact) mass is 460 g/mol. The van der Waals surface area contributed by atoms with Crippen molar-refractivity contribution in [3.63, 3.8) is 0 Å². The van der Waals surface area contributed by atoms with Gasteiger partial charge >= 0.3 is 0 Å². The summed E-state index contributed by atoms with van der Waals surface area (Å²) in [5.41, 5.74) is 0.986. The first-order chi connectivity index (χ1) is 16.0. The normalized spacial score (nSPS) is 11.8. The van der Waals surface area contributed by atoms with E-state index in [0.29, 0.717) is 32.4 Å². The van der Waals surface area contributed by atoms with Crippen LogP contribution in [0, 0.1) is 17.0 Å². The van der Waals surface area contributed by atoms with Gasteiger partial charge in [-0.2, -0.15) is 9.50 Å². The van der Waals surface area contributed by atoms with E-state index in [1.54, 1.807) is 36.4 Å². The summed E-state index contributed by atoms with van der Waals surface area (Å²) in [4.78, 5) is 28.4. The third kappa shape index (κ3) is 3.99. The van der Waals surface area contributed by atoms with Crippen molar-refractivity contribution in [2.45, 2.75) is 13.5 Å². The number of benzene rings is 2. The van der Waals surface area contributed by atoms with Crippen LogP contribution in [0.15, 0.2) is 69.9 Å². The third-order valence-corrected chi connectivity index (χ3v) is 5.90. The number of nitro groups is 1. The summed E-state index contributed by atoms with van der Waals surface area (Å²) >= 11 is 1.18. The minimum absolute atomic E-state index is 0.0536. The van der Waals surface area contributed by atoms with Crippen LogP contribution in [-0.4, -0.2) is 19.5 Å². The molecule has 5 aromatic rings. The fourth-order valence-corrected chi connectivity index (χ4v) is 4.25. The summed E-state index contributed by atoms with van der Waals surface area (Å²) in [5, 5.41) is 15.5. The number of fused-ring (bicyclic) bond motifs is 1. The molecule has 0 N–H and O–H groups in total. The zero-order valence-electron chi connectivity index (χ0n) is 17.3. The molecule has 0 radical (unpaired) electrons. The van der Waals surface area contributed by atoms with Crippen LogP contribution in [0.25, 0.3) is 22.4 Å². The molecular formula is C23H16N4O5S. The van der Waals surface area contributed by atoms with Gasteiger partial charge in [0.05, 0.1) is 10.5 Å². The lowest BCUT2D eigenvalue weighted by molar-refractivity contribution is -0.384. The summed E-state index contributed by atoms with van der Waals surface area (Å²) in [6.45, 7) is 2.09. The summed E-state index contributed by atoms with van der Waals surface area (Å²) in [7, 11) is 0. The fourth-order valence-electron chi connectivity index (χ4n) is 3.34. The molecule has 5 rings (SSSR count). The van der Waals surface area contributed by atoms with Crippen molar-refractivity contribution in [2.24, 2.45) is 0 Å². The van der Waals surface area contributed by atoms with E-state index in [9.17, 15) is 14.9 Å². The molecule has 0 aliphatic carbocycles. The number of rotatable bonds is 6. The molecule has 0 aliphatic rings. The fraction of sp³-hybridized carbons (Fsp3) is 0.0870. The van der Waals surface area contributed by atoms with Gasteiger partial charge < -0.3 is 9.15 Å². The van der Waals surface area contributed by atoms with E-state index < -0.39 is 4.92 Å². The van der Waals surface area contributed by atoms with Gasteiger partial charge in [-0.1, -0.05) is 41.7 Å². The van der Waals surface area contributed by atoms with Crippen LogP contribution in [0.5, 0.6) is 5.75 Å². The Balaban J connectivity index is 1.41. The highest BCUT2D eigenvalue weighted by atomic mass is 32.1. The maximum atomic E-state index is 12.8. The second kappa shape index (κ2) is 8.32. The molecule has 0 fully saturated rings. The average molecular weight is 460 g/mol. The predicted octanol–water partition coefficient (Wildman–Crippen LogP) is 3.75. The van der Waals surface area contributed by atoms with Gasteiger partial charge in [-0.3, -0.25) is 14.9 Å². The van der Waals surface area contributed by atoms with Gasteiger partial charge in [0.2, 0.25) is 4.96 Å². The lowest BCUT2D eigenvalue weighted by Gasteiger charge is -2.05. The van der Waals surface area contributed by atoms with Crippen molar-refractivity contribution in [3.8, 4) is 17.1 Å². The van der Waals surface area contributed by atoms with Crippen LogP contribution in [0.4, 0.5) is 5.69 Å². The molecule has 0 atom stereocenters. The van der Waals surface area contributed by atoms with Crippen molar-refractivity contribution < 1.29 is 14.1 Å². The third-order valence-electron chi connectivity index (χ3n) is 4.94. The molecule has 10 heteroatoms. The van der Waals surface area contributed by atoms with Crippen LogP contribution < -0.4 is 14.8 Å². The van der Waals surface area contributed by atoms with Gasteiger partial charge in [0.25, 0.3) is 11.2 Å². The molecule has 0 bridgehead atoms. The van der Waals surface area contributed by atoms with Gasteiger partial charge in [-0.15, -0.1) is 5.10 Å². The minimum Gasteiger partial charge on any atom is -0.485 e. The zero-order chi connectivity index (χ0) is 22.9. The van der Waals surface area contributed by atoms with E-state index >= 15 is 0 Å².